The molecule has 1 fully saturated rings. The van der Waals surface area contributed by atoms with Crippen LogP contribution in [0.25, 0.3) is 6.08 Å². The summed E-state index contributed by atoms with van der Waals surface area (Å²) >= 11 is 5.93. The first-order valence-electron chi connectivity index (χ1n) is 13.3. The van der Waals surface area contributed by atoms with Crippen molar-refractivity contribution in [1.82, 2.24) is 9.21 Å². The van der Waals surface area contributed by atoms with Crippen LogP contribution in [0.15, 0.2) is 83.2 Å². The normalized spacial score (nSPS) is 15.3. The fourth-order valence-corrected chi connectivity index (χ4v) is 5.88. The number of carbonyl (C=O) groups excluding carboxylic acids is 2. The van der Waals surface area contributed by atoms with Gasteiger partial charge in [0, 0.05) is 41.7 Å². The molecular weight excluding hydrogens is 594 g/mol. The van der Waals surface area contributed by atoms with E-state index in [4.69, 9.17) is 27.8 Å². The second-order valence-electron chi connectivity index (χ2n) is 9.73. The van der Waals surface area contributed by atoms with Crippen LogP contribution < -0.4 is 16.2 Å². The third-order valence-corrected chi connectivity index (χ3v) is 8.48. The number of benzene rings is 3. The van der Waals surface area contributed by atoms with Crippen LogP contribution in [0.2, 0.25) is 5.02 Å². The lowest BCUT2D eigenvalue weighted by atomic mass is 10.1. The van der Waals surface area contributed by atoms with E-state index >= 15 is 0 Å². The zero-order valence-corrected chi connectivity index (χ0v) is 25.0. The summed E-state index contributed by atoms with van der Waals surface area (Å²) in [6, 6.07) is 19.9. The SMILES string of the molecule is COC(=O)COc1cccc(CN(C(=O)c2ccc(N=C(N)N)cc2)C2CCN(S(=O)(=O)/C=C/c3ccc(Cl)cc3)C2)c1. The molecule has 43 heavy (non-hydrogen) atoms. The lowest BCUT2D eigenvalue weighted by Gasteiger charge is -2.29. The molecule has 1 saturated heterocycles. The van der Waals surface area contributed by atoms with Crippen LogP contribution in [-0.2, 0) is 26.1 Å². The standard InChI is InChI=1S/C30H32ClN5O6S/c1-41-28(37)20-42-27-4-2-3-22(17-27)18-36(29(38)23-7-11-25(12-8-23)34-30(32)33)26-13-15-35(19-26)43(39,40)16-14-21-5-9-24(31)10-6-21/h2-12,14,16-17,26H,13,15,18-20H2,1H3,(H4,32,33,34)/b16-14+. The molecule has 1 aliphatic heterocycles. The van der Waals surface area contributed by atoms with Crippen molar-refractivity contribution in [3.05, 3.63) is 99.9 Å². The van der Waals surface area contributed by atoms with Gasteiger partial charge in [0.1, 0.15) is 5.75 Å². The number of sulfonamides is 1. The van der Waals surface area contributed by atoms with Gasteiger partial charge >= 0.3 is 5.97 Å². The first-order valence-corrected chi connectivity index (χ1v) is 15.1. The minimum Gasteiger partial charge on any atom is -0.482 e. The molecule has 0 spiro atoms. The third kappa shape index (κ3) is 8.80. The molecule has 3 aromatic carbocycles. The number of hydrogen-bond donors (Lipinski definition) is 2. The zero-order chi connectivity index (χ0) is 31.0. The molecule has 1 heterocycles. The molecule has 0 aliphatic carbocycles. The summed E-state index contributed by atoms with van der Waals surface area (Å²) in [7, 11) is -2.49. The second kappa shape index (κ2) is 14.2. The molecule has 0 aromatic heterocycles. The summed E-state index contributed by atoms with van der Waals surface area (Å²) in [6.45, 7) is 0.268. The van der Waals surface area contributed by atoms with E-state index < -0.39 is 22.0 Å². The Labute approximate surface area is 255 Å². The molecule has 1 amide bonds. The van der Waals surface area contributed by atoms with Crippen LogP contribution in [0.3, 0.4) is 0 Å². The highest BCUT2D eigenvalue weighted by Gasteiger charge is 2.35. The van der Waals surface area contributed by atoms with Gasteiger partial charge in [-0.15, -0.1) is 0 Å². The topological polar surface area (TPSA) is 158 Å². The van der Waals surface area contributed by atoms with Gasteiger partial charge in [-0.1, -0.05) is 35.9 Å². The van der Waals surface area contributed by atoms with Gasteiger partial charge in [0.25, 0.3) is 5.91 Å². The Hall–Kier alpha value is -4.39. The first-order chi connectivity index (χ1) is 20.5. The number of hydrogen-bond acceptors (Lipinski definition) is 7. The first kappa shape index (κ1) is 31.5. The van der Waals surface area contributed by atoms with E-state index in [-0.39, 0.29) is 38.1 Å². The van der Waals surface area contributed by atoms with E-state index in [1.54, 1.807) is 71.6 Å². The van der Waals surface area contributed by atoms with Crippen molar-refractivity contribution in [1.29, 1.82) is 0 Å². The molecule has 0 saturated carbocycles. The minimum atomic E-state index is -3.76. The van der Waals surface area contributed by atoms with Gasteiger partial charge in [-0.05, 0) is 72.2 Å². The highest BCUT2D eigenvalue weighted by atomic mass is 35.5. The molecule has 4 rings (SSSR count). The fraction of sp³-hybridized carbons (Fsp3) is 0.233. The van der Waals surface area contributed by atoms with Crippen LogP contribution in [0, 0.1) is 0 Å². The summed E-state index contributed by atoms with van der Waals surface area (Å²) in [6.07, 6.45) is 1.95. The van der Waals surface area contributed by atoms with Gasteiger partial charge < -0.3 is 25.8 Å². The van der Waals surface area contributed by atoms with Crippen LogP contribution in [-0.4, -0.2) is 68.3 Å². The molecule has 4 N–H and O–H groups in total. The maximum atomic E-state index is 13.9. The maximum absolute atomic E-state index is 13.9. The van der Waals surface area contributed by atoms with Crippen LogP contribution >= 0.6 is 11.6 Å². The van der Waals surface area contributed by atoms with Gasteiger partial charge in [0.2, 0.25) is 10.0 Å². The van der Waals surface area contributed by atoms with Crippen LogP contribution in [0.5, 0.6) is 5.75 Å². The Bertz CT molecular complexity index is 1610. The number of nitrogens with two attached hydrogens (primary N) is 2. The Morgan fingerprint density at radius 2 is 1.81 bits per heavy atom. The molecule has 1 atom stereocenters. The summed E-state index contributed by atoms with van der Waals surface area (Å²) in [5.74, 6) is -0.492. The average molecular weight is 626 g/mol. The summed E-state index contributed by atoms with van der Waals surface area (Å²) in [5, 5.41) is 1.72. The molecule has 0 radical (unpaired) electrons. The molecule has 3 aromatic rings. The molecule has 11 nitrogen and oxygen atoms in total. The van der Waals surface area contributed by atoms with E-state index in [1.165, 1.54) is 17.5 Å². The number of guanidine groups is 1. The van der Waals surface area contributed by atoms with Crippen LogP contribution in [0.4, 0.5) is 5.69 Å². The van der Waals surface area contributed by atoms with Crippen molar-refractivity contribution in [3.8, 4) is 5.75 Å². The third-order valence-electron chi connectivity index (χ3n) is 6.70. The number of amides is 1. The summed E-state index contributed by atoms with van der Waals surface area (Å²) in [5.41, 5.74) is 13.2. The highest BCUT2D eigenvalue weighted by molar-refractivity contribution is 7.92. The summed E-state index contributed by atoms with van der Waals surface area (Å²) < 4.78 is 37.9. The molecule has 226 valence electrons. The van der Waals surface area contributed by atoms with E-state index in [1.807, 2.05) is 6.07 Å². The molecule has 1 aliphatic rings. The highest BCUT2D eigenvalue weighted by Crippen LogP contribution is 2.26. The minimum absolute atomic E-state index is 0.104. The fourth-order valence-electron chi connectivity index (χ4n) is 4.51. The predicted octanol–water partition coefficient (Wildman–Crippen LogP) is 3.51. The number of esters is 1. The molecule has 1 unspecified atom stereocenters. The second-order valence-corrected chi connectivity index (χ2v) is 12.0. The zero-order valence-electron chi connectivity index (χ0n) is 23.4. The predicted molar refractivity (Wildman–Crippen MR) is 165 cm³/mol. The largest absolute Gasteiger partial charge is 0.482 e. The maximum Gasteiger partial charge on any atom is 0.343 e. The number of halogens is 1. The van der Waals surface area contributed by atoms with Gasteiger partial charge in [0.15, 0.2) is 12.6 Å². The van der Waals surface area contributed by atoms with Crippen molar-refractivity contribution < 1.29 is 27.5 Å². The monoisotopic (exact) mass is 625 g/mol. The average Bonchev–Trinajstić information content (AvgIpc) is 3.50. The lowest BCUT2D eigenvalue weighted by Crippen LogP contribution is -2.42. The van der Waals surface area contributed by atoms with E-state index in [0.717, 1.165) is 11.0 Å². The number of aliphatic imine (C=N–C) groups is 1. The Kier molecular flexibility index (Phi) is 10.4. The Morgan fingerprint density at radius 1 is 1.09 bits per heavy atom. The van der Waals surface area contributed by atoms with Crippen molar-refractivity contribution in [2.45, 2.75) is 19.0 Å². The Balaban J connectivity index is 1.56. The molecular formula is C30H32ClN5O6S. The smallest absolute Gasteiger partial charge is 0.343 e. The molecule has 13 heteroatoms. The van der Waals surface area contributed by atoms with E-state index in [9.17, 15) is 18.0 Å². The van der Waals surface area contributed by atoms with Gasteiger partial charge in [-0.25, -0.2) is 18.2 Å². The molecule has 0 bridgehead atoms. The number of methoxy groups -OCH3 is 1. The Morgan fingerprint density at radius 3 is 2.49 bits per heavy atom. The van der Waals surface area contributed by atoms with Crippen molar-refractivity contribution in [2.24, 2.45) is 16.5 Å². The van der Waals surface area contributed by atoms with Crippen molar-refractivity contribution in [3.63, 3.8) is 0 Å². The number of carbonyl (C=O) groups is 2. The van der Waals surface area contributed by atoms with Gasteiger partial charge in [0.05, 0.1) is 12.8 Å². The lowest BCUT2D eigenvalue weighted by molar-refractivity contribution is -0.142. The number of nitrogens with zero attached hydrogens (tertiary/aromatic N) is 3. The van der Waals surface area contributed by atoms with E-state index in [2.05, 4.69) is 9.73 Å². The quantitative estimate of drug-likeness (QED) is 0.186. The van der Waals surface area contributed by atoms with Crippen molar-refractivity contribution >= 4 is 51.2 Å². The van der Waals surface area contributed by atoms with E-state index in [0.29, 0.717) is 34.0 Å². The van der Waals surface area contributed by atoms with Crippen molar-refractivity contribution in [2.75, 3.05) is 26.8 Å². The summed E-state index contributed by atoms with van der Waals surface area (Å²) in [4.78, 5) is 31.0. The van der Waals surface area contributed by atoms with Gasteiger partial charge in [-0.2, -0.15) is 4.31 Å². The van der Waals surface area contributed by atoms with Gasteiger partial charge in [-0.3, -0.25) is 4.79 Å². The number of rotatable bonds is 11. The number of ether oxygens (including phenoxy) is 2. The van der Waals surface area contributed by atoms with Crippen LogP contribution in [0.1, 0.15) is 27.9 Å².